The predicted molar refractivity (Wildman–Crippen MR) is 294 cm³/mol. The lowest BCUT2D eigenvalue weighted by Gasteiger charge is -2.19. The first-order valence-corrected chi connectivity index (χ1v) is 24.5. The Bertz CT molecular complexity index is 3120. The fraction of sp³-hybridized carbons (Fsp3) is 0.125. The van der Waals surface area contributed by atoms with Crippen LogP contribution in [0, 0.1) is 0 Å². The summed E-state index contributed by atoms with van der Waals surface area (Å²) in [5, 5.41) is 0. The maximum absolute atomic E-state index is 13.9. The molecule has 0 fully saturated rings. The Morgan fingerprint density at radius 2 is 0.263 bits per heavy atom. The van der Waals surface area contributed by atoms with Crippen molar-refractivity contribution in [2.75, 3.05) is 56.9 Å². The summed E-state index contributed by atoms with van der Waals surface area (Å²) in [5.74, 6) is -6.78. The Hall–Kier alpha value is -10.5. The van der Waals surface area contributed by atoms with Crippen molar-refractivity contribution in [3.8, 4) is 89.0 Å². The van der Waals surface area contributed by atoms with Crippen LogP contribution >= 0.6 is 0 Å². The Morgan fingerprint density at radius 1 is 0.175 bits per heavy atom. The van der Waals surface area contributed by atoms with Crippen LogP contribution in [0.3, 0.4) is 0 Å². The first-order valence-electron chi connectivity index (χ1n) is 24.5. The Morgan fingerprint density at radius 3 is 0.338 bits per heavy atom. The van der Waals surface area contributed by atoms with Crippen LogP contribution in [0.5, 0.6) is 0 Å². The smallest absolute Gasteiger partial charge is 0.339 e. The van der Waals surface area contributed by atoms with E-state index in [1.54, 1.807) is 146 Å². The minimum atomic E-state index is -0.847. The van der Waals surface area contributed by atoms with Gasteiger partial charge >= 0.3 is 47.8 Å². The van der Waals surface area contributed by atoms with Crippen molar-refractivity contribution in [1.29, 1.82) is 0 Å². The second-order valence-corrected chi connectivity index (χ2v) is 17.9. The number of methoxy groups -OCH3 is 8. The molecular formula is C64H48O16. The van der Waals surface area contributed by atoms with E-state index in [1.807, 2.05) is 0 Å². The van der Waals surface area contributed by atoms with Gasteiger partial charge in [0.15, 0.2) is 0 Å². The molecule has 0 radical (unpaired) electrons. The minimum Gasteiger partial charge on any atom is -0.465 e. The highest BCUT2D eigenvalue weighted by Crippen LogP contribution is 2.43. The van der Waals surface area contributed by atoms with Crippen molar-refractivity contribution in [2.45, 2.75) is 0 Å². The monoisotopic (exact) mass is 1070 g/mol. The molecule has 0 heterocycles. The zero-order chi connectivity index (χ0) is 57.1. The lowest BCUT2D eigenvalue weighted by molar-refractivity contribution is 0.0556. The van der Waals surface area contributed by atoms with Crippen molar-refractivity contribution >= 4 is 47.8 Å². The molecule has 8 aromatic carbocycles. The van der Waals surface area contributed by atoms with Gasteiger partial charge in [-0.25, -0.2) is 38.4 Å². The third-order valence-corrected chi connectivity index (χ3v) is 14.0. The first-order chi connectivity index (χ1) is 38.7. The summed E-state index contributed by atoms with van der Waals surface area (Å²) in [6.45, 7) is 0. The molecule has 22 aliphatic rings. The van der Waals surface area contributed by atoms with Crippen LogP contribution in [0.1, 0.15) is 82.9 Å². The third-order valence-electron chi connectivity index (χ3n) is 14.0. The van der Waals surface area contributed by atoms with E-state index in [4.69, 9.17) is 37.9 Å². The molecule has 0 unspecified atom stereocenters. The van der Waals surface area contributed by atoms with Crippen LogP contribution in [0.2, 0.25) is 0 Å². The van der Waals surface area contributed by atoms with E-state index in [1.165, 1.54) is 56.9 Å². The van der Waals surface area contributed by atoms with Gasteiger partial charge in [0.1, 0.15) is 0 Å². The maximum atomic E-state index is 13.9. The van der Waals surface area contributed by atoms with Gasteiger partial charge in [-0.1, -0.05) is 146 Å². The standard InChI is InChI=1S/C64H48O16/c1-73-57(65)49-41-25-26-42(50(49)58(66)74-2)34-13-15-36(16-14-34)44-29-30-46(54(62(70)78-6)52(44)60(68)76-4)38-21-23-40(24-22-38)48-32-31-47(55(63(71)79-7)56(48)64(72)80-8)39-19-17-37(18-20-39)45-28-27-43(35-11-9-33(41)10-12-35)51(59(67)75-3)53(45)61(69)77-5/h9-32H,1-8H3. The fourth-order valence-electron chi connectivity index (χ4n) is 10.2. The van der Waals surface area contributed by atoms with E-state index in [-0.39, 0.29) is 44.5 Å². The van der Waals surface area contributed by atoms with Gasteiger partial charge in [-0.3, -0.25) is 0 Å². The van der Waals surface area contributed by atoms with Crippen molar-refractivity contribution in [3.63, 3.8) is 0 Å². The van der Waals surface area contributed by atoms with Crippen LogP contribution in [-0.2, 0) is 37.9 Å². The topological polar surface area (TPSA) is 210 Å². The lowest BCUT2D eigenvalue weighted by atomic mass is 9.85. The summed E-state index contributed by atoms with van der Waals surface area (Å²) in [7, 11) is 9.46. The summed E-state index contributed by atoms with van der Waals surface area (Å²) in [4.78, 5) is 111. The molecule has 80 heavy (non-hydrogen) atoms. The van der Waals surface area contributed by atoms with E-state index in [9.17, 15) is 38.4 Å². The molecule has 0 saturated heterocycles. The summed E-state index contributed by atoms with van der Waals surface area (Å²) in [5.41, 5.74) is 5.09. The minimum absolute atomic E-state index is 0.111. The quantitative estimate of drug-likeness (QED) is 0.102. The first kappa shape index (κ1) is 54.3. The van der Waals surface area contributed by atoms with Crippen molar-refractivity contribution in [3.05, 3.63) is 190 Å². The number of hydrogen-bond donors (Lipinski definition) is 0. The normalized spacial score (nSPS) is 10.9. The van der Waals surface area contributed by atoms with Crippen molar-refractivity contribution in [2.24, 2.45) is 0 Å². The number of hydrogen-bond acceptors (Lipinski definition) is 16. The highest BCUT2D eigenvalue weighted by Gasteiger charge is 2.33. The summed E-state index contributed by atoms with van der Waals surface area (Å²) in [6, 6.07) is 40.0. The highest BCUT2D eigenvalue weighted by molar-refractivity contribution is 6.16. The van der Waals surface area contributed by atoms with Crippen molar-refractivity contribution in [1.82, 2.24) is 0 Å². The summed E-state index contributed by atoms with van der Waals surface area (Å²) >= 11 is 0. The van der Waals surface area contributed by atoms with Crippen LogP contribution in [0.25, 0.3) is 89.0 Å². The SMILES string of the molecule is COC(=O)c1c2ccc(c1C(=O)OC)-c1ccc(cc1)-c1ccc(c(C(=O)OC)c1C(=O)OC)-c1ccc(cc1)-c1ccc(c(C(=O)OC)c1C(=O)OC)-c1ccc(cc1)-c1ccc(c(C(=O)OC)c1C(=O)OC)-c1ccc-2cc1. The zero-order valence-electron chi connectivity index (χ0n) is 44.4. The molecular weight excluding hydrogens is 1020 g/mol. The van der Waals surface area contributed by atoms with Crippen molar-refractivity contribution < 1.29 is 76.3 Å². The molecule has 0 spiro atoms. The number of benzene rings is 8. The number of carbonyl (C=O) groups is 8. The fourth-order valence-corrected chi connectivity index (χ4v) is 10.2. The molecule has 16 heteroatoms. The Labute approximate surface area is 458 Å². The molecule has 400 valence electrons. The van der Waals surface area contributed by atoms with Gasteiger partial charge in [-0.15, -0.1) is 0 Å². The maximum Gasteiger partial charge on any atom is 0.339 e. The van der Waals surface area contributed by atoms with Gasteiger partial charge in [0, 0.05) is 0 Å². The molecule has 22 aliphatic carbocycles. The molecule has 0 atom stereocenters. The number of ether oxygens (including phenoxy) is 8. The average Bonchev–Trinajstić information content (AvgIpc) is 3.52. The molecule has 0 N–H and O–H groups in total. The average molecular weight is 1070 g/mol. The Balaban J connectivity index is 1.35. The van der Waals surface area contributed by atoms with Crippen LogP contribution in [0.15, 0.2) is 146 Å². The van der Waals surface area contributed by atoms with Gasteiger partial charge in [0.2, 0.25) is 0 Å². The van der Waals surface area contributed by atoms with Crippen LogP contribution in [-0.4, -0.2) is 105 Å². The second kappa shape index (κ2) is 22.6. The lowest BCUT2D eigenvalue weighted by Crippen LogP contribution is -2.16. The van der Waals surface area contributed by atoms with E-state index < -0.39 is 47.8 Å². The van der Waals surface area contributed by atoms with Gasteiger partial charge in [0.25, 0.3) is 0 Å². The third kappa shape index (κ3) is 9.48. The van der Waals surface area contributed by atoms with Crippen LogP contribution < -0.4 is 0 Å². The summed E-state index contributed by atoms with van der Waals surface area (Å²) in [6.07, 6.45) is 0. The van der Waals surface area contributed by atoms with Gasteiger partial charge in [0.05, 0.1) is 101 Å². The molecule has 16 nitrogen and oxygen atoms in total. The van der Waals surface area contributed by atoms with Crippen LogP contribution in [0.4, 0.5) is 0 Å². The molecule has 0 saturated carbocycles. The molecule has 8 aromatic rings. The molecule has 0 aromatic heterocycles. The molecule has 30 rings (SSSR count). The number of esters is 8. The largest absolute Gasteiger partial charge is 0.465 e. The highest BCUT2D eigenvalue weighted by atomic mass is 16.5. The molecule has 0 amide bonds. The molecule has 0 aliphatic heterocycles. The summed E-state index contributed by atoms with van der Waals surface area (Å²) < 4.78 is 42.2. The van der Waals surface area contributed by atoms with E-state index in [0.29, 0.717) is 89.0 Å². The Kier molecular flexibility index (Phi) is 15.4. The van der Waals surface area contributed by atoms with Gasteiger partial charge < -0.3 is 37.9 Å². The van der Waals surface area contributed by atoms with Gasteiger partial charge in [-0.05, 0) is 89.0 Å². The predicted octanol–water partition coefficient (Wildman–Crippen LogP) is 11.6. The van der Waals surface area contributed by atoms with Gasteiger partial charge in [-0.2, -0.15) is 0 Å². The second-order valence-electron chi connectivity index (χ2n) is 17.9. The number of carbonyl (C=O) groups excluding carboxylic acids is 8. The number of rotatable bonds is 8. The zero-order valence-corrected chi connectivity index (χ0v) is 44.4. The molecule has 16 bridgehead atoms. The van der Waals surface area contributed by atoms with E-state index in [0.717, 1.165) is 0 Å². The van der Waals surface area contributed by atoms with E-state index in [2.05, 4.69) is 0 Å². The van der Waals surface area contributed by atoms with E-state index >= 15 is 0 Å².